The van der Waals surface area contributed by atoms with Gasteiger partial charge in [0.2, 0.25) is 0 Å². The van der Waals surface area contributed by atoms with Gasteiger partial charge in [-0.2, -0.15) is 0 Å². The van der Waals surface area contributed by atoms with Gasteiger partial charge in [0, 0.05) is 11.3 Å². The van der Waals surface area contributed by atoms with Crippen LogP contribution in [0.3, 0.4) is 0 Å². The molecule has 0 aliphatic carbocycles. The zero-order valence-electron chi connectivity index (χ0n) is 9.13. The molecule has 2 rings (SSSR count). The van der Waals surface area contributed by atoms with Gasteiger partial charge in [0.1, 0.15) is 5.82 Å². The van der Waals surface area contributed by atoms with E-state index in [2.05, 4.69) is 16.9 Å². The number of aromatic nitrogens is 2. The monoisotopic (exact) mass is 235 g/mol. The summed E-state index contributed by atoms with van der Waals surface area (Å²) in [6, 6.07) is 7.70. The largest absolute Gasteiger partial charge is 0.344 e. The van der Waals surface area contributed by atoms with Crippen molar-refractivity contribution in [3.8, 4) is 11.3 Å². The van der Waals surface area contributed by atoms with Crippen LogP contribution >= 0.6 is 11.6 Å². The summed E-state index contributed by atoms with van der Waals surface area (Å²) in [5, 5.41) is 0.715. The highest BCUT2D eigenvalue weighted by Gasteiger charge is 2.12. The minimum atomic E-state index is 0.414. The lowest BCUT2D eigenvalue weighted by Crippen LogP contribution is -1.98. The van der Waals surface area contributed by atoms with Crippen LogP contribution in [0.5, 0.6) is 0 Å². The third-order valence-electron chi connectivity index (χ3n) is 2.50. The maximum Gasteiger partial charge on any atom is 0.120 e. The van der Waals surface area contributed by atoms with Crippen molar-refractivity contribution < 1.29 is 0 Å². The minimum absolute atomic E-state index is 0.414. The van der Waals surface area contributed by atoms with Gasteiger partial charge in [-0.1, -0.05) is 36.7 Å². The number of aromatic amines is 1. The van der Waals surface area contributed by atoms with E-state index in [9.17, 15) is 0 Å². The molecule has 0 bridgehead atoms. The van der Waals surface area contributed by atoms with Crippen LogP contribution in [0.25, 0.3) is 11.3 Å². The number of nitrogens with two attached hydrogens (primary N) is 1. The van der Waals surface area contributed by atoms with E-state index in [4.69, 9.17) is 17.3 Å². The molecule has 0 radical (unpaired) electrons. The molecule has 0 fully saturated rings. The second-order valence-corrected chi connectivity index (χ2v) is 3.96. The lowest BCUT2D eigenvalue weighted by atomic mass is 10.1. The standard InChI is InChI=1S/C12H14ClN3/c1-2-10-12(16-11(7-14)15-10)8-5-3-4-6-9(8)13/h3-6H,2,7,14H2,1H3,(H,15,16). The maximum absolute atomic E-state index is 6.16. The normalized spacial score (nSPS) is 10.7. The molecule has 16 heavy (non-hydrogen) atoms. The highest BCUT2D eigenvalue weighted by Crippen LogP contribution is 2.28. The summed E-state index contributed by atoms with van der Waals surface area (Å²) in [5.41, 5.74) is 8.52. The van der Waals surface area contributed by atoms with Crippen LogP contribution in [-0.4, -0.2) is 9.97 Å². The molecule has 1 aromatic heterocycles. The zero-order chi connectivity index (χ0) is 11.5. The number of nitrogens with one attached hydrogen (secondary N) is 1. The summed E-state index contributed by atoms with van der Waals surface area (Å²) in [6.45, 7) is 2.49. The Morgan fingerprint density at radius 1 is 1.38 bits per heavy atom. The summed E-state index contributed by atoms with van der Waals surface area (Å²) in [4.78, 5) is 7.68. The average molecular weight is 236 g/mol. The van der Waals surface area contributed by atoms with E-state index in [-0.39, 0.29) is 0 Å². The van der Waals surface area contributed by atoms with E-state index < -0.39 is 0 Å². The van der Waals surface area contributed by atoms with Crippen molar-refractivity contribution in [1.82, 2.24) is 9.97 Å². The first kappa shape index (κ1) is 11.2. The third kappa shape index (κ3) is 1.96. The van der Waals surface area contributed by atoms with Gasteiger partial charge in [0.05, 0.1) is 17.3 Å². The number of hydrogen-bond donors (Lipinski definition) is 2. The van der Waals surface area contributed by atoms with Crippen LogP contribution < -0.4 is 5.73 Å². The van der Waals surface area contributed by atoms with Crippen LogP contribution in [0.2, 0.25) is 5.02 Å². The van der Waals surface area contributed by atoms with Crippen molar-refractivity contribution in [2.24, 2.45) is 5.73 Å². The number of H-pyrrole nitrogens is 1. The van der Waals surface area contributed by atoms with Crippen molar-refractivity contribution in [2.75, 3.05) is 0 Å². The number of imidazole rings is 1. The highest BCUT2D eigenvalue weighted by atomic mass is 35.5. The van der Waals surface area contributed by atoms with Gasteiger partial charge in [0.15, 0.2) is 0 Å². The molecule has 3 N–H and O–H groups in total. The fraction of sp³-hybridized carbons (Fsp3) is 0.250. The quantitative estimate of drug-likeness (QED) is 0.860. The van der Waals surface area contributed by atoms with Gasteiger partial charge >= 0.3 is 0 Å². The van der Waals surface area contributed by atoms with E-state index in [1.165, 1.54) is 0 Å². The lowest BCUT2D eigenvalue weighted by molar-refractivity contribution is 0.932. The first-order valence-corrected chi connectivity index (χ1v) is 5.66. The van der Waals surface area contributed by atoms with E-state index in [1.807, 2.05) is 24.3 Å². The molecular formula is C12H14ClN3. The first-order valence-electron chi connectivity index (χ1n) is 5.29. The first-order chi connectivity index (χ1) is 7.76. The van der Waals surface area contributed by atoms with Gasteiger partial charge in [-0.3, -0.25) is 0 Å². The molecule has 0 aliphatic heterocycles. The Labute approximate surface area is 99.7 Å². The fourth-order valence-corrected chi connectivity index (χ4v) is 1.92. The molecule has 3 nitrogen and oxygen atoms in total. The van der Waals surface area contributed by atoms with Crippen LogP contribution in [0, 0.1) is 0 Å². The van der Waals surface area contributed by atoms with Crippen LogP contribution in [0.4, 0.5) is 0 Å². The third-order valence-corrected chi connectivity index (χ3v) is 2.83. The molecule has 0 unspecified atom stereocenters. The maximum atomic E-state index is 6.16. The smallest absolute Gasteiger partial charge is 0.120 e. The van der Waals surface area contributed by atoms with E-state index in [0.717, 1.165) is 29.2 Å². The molecule has 1 aromatic carbocycles. The predicted molar refractivity (Wildman–Crippen MR) is 66.3 cm³/mol. The molecule has 1 heterocycles. The highest BCUT2D eigenvalue weighted by molar-refractivity contribution is 6.33. The van der Waals surface area contributed by atoms with Crippen molar-refractivity contribution in [3.05, 3.63) is 40.8 Å². The lowest BCUT2D eigenvalue weighted by Gasteiger charge is -2.02. The minimum Gasteiger partial charge on any atom is -0.344 e. The van der Waals surface area contributed by atoms with Gasteiger partial charge in [0.25, 0.3) is 0 Å². The second-order valence-electron chi connectivity index (χ2n) is 3.55. The van der Waals surface area contributed by atoms with Crippen LogP contribution in [0.15, 0.2) is 24.3 Å². The number of nitrogens with zero attached hydrogens (tertiary/aromatic N) is 1. The van der Waals surface area contributed by atoms with Crippen LogP contribution in [-0.2, 0) is 13.0 Å². The Kier molecular flexibility index (Phi) is 3.27. The van der Waals surface area contributed by atoms with Crippen molar-refractivity contribution in [3.63, 3.8) is 0 Å². The molecule has 0 atom stereocenters. The number of halogens is 1. The molecule has 84 valence electrons. The Balaban J connectivity index is 2.54. The number of rotatable bonds is 3. The van der Waals surface area contributed by atoms with Crippen LogP contribution in [0.1, 0.15) is 18.4 Å². The topological polar surface area (TPSA) is 54.7 Å². The van der Waals surface area contributed by atoms with Gasteiger partial charge in [-0.05, 0) is 12.5 Å². The Hall–Kier alpha value is -1.32. The number of hydrogen-bond acceptors (Lipinski definition) is 2. The van der Waals surface area contributed by atoms with Gasteiger partial charge in [-0.15, -0.1) is 0 Å². The Morgan fingerprint density at radius 3 is 2.75 bits per heavy atom. The van der Waals surface area contributed by atoms with E-state index >= 15 is 0 Å². The number of aryl methyl sites for hydroxylation is 1. The summed E-state index contributed by atoms with van der Waals surface area (Å²) in [5.74, 6) is 0.798. The predicted octanol–water partition coefficient (Wildman–Crippen LogP) is 2.75. The Morgan fingerprint density at radius 2 is 2.12 bits per heavy atom. The molecule has 0 aliphatic rings. The molecule has 2 aromatic rings. The molecule has 0 saturated heterocycles. The van der Waals surface area contributed by atoms with E-state index in [0.29, 0.717) is 11.6 Å². The second kappa shape index (κ2) is 4.68. The zero-order valence-corrected chi connectivity index (χ0v) is 9.88. The summed E-state index contributed by atoms with van der Waals surface area (Å²) in [6.07, 6.45) is 0.882. The molecule has 0 saturated carbocycles. The van der Waals surface area contributed by atoms with E-state index in [1.54, 1.807) is 0 Å². The summed E-state index contributed by atoms with van der Waals surface area (Å²) in [7, 11) is 0. The molecule has 0 amide bonds. The molecule has 0 spiro atoms. The van der Waals surface area contributed by atoms with Gasteiger partial charge < -0.3 is 10.7 Å². The van der Waals surface area contributed by atoms with Gasteiger partial charge in [-0.25, -0.2) is 4.98 Å². The molecular weight excluding hydrogens is 222 g/mol. The van der Waals surface area contributed by atoms with Crippen molar-refractivity contribution in [2.45, 2.75) is 19.9 Å². The number of benzene rings is 1. The summed E-state index contributed by atoms with van der Waals surface area (Å²) < 4.78 is 0. The van der Waals surface area contributed by atoms with Crippen molar-refractivity contribution in [1.29, 1.82) is 0 Å². The SMILES string of the molecule is CCc1[nH]c(CN)nc1-c1ccccc1Cl. The average Bonchev–Trinajstić information content (AvgIpc) is 2.72. The Bertz CT molecular complexity index is 491. The van der Waals surface area contributed by atoms with Crippen molar-refractivity contribution >= 4 is 11.6 Å². The molecule has 4 heteroatoms. The fourth-order valence-electron chi connectivity index (χ4n) is 1.69. The summed E-state index contributed by atoms with van der Waals surface area (Å²) >= 11 is 6.16.